The van der Waals surface area contributed by atoms with E-state index in [2.05, 4.69) is 67.6 Å². The van der Waals surface area contributed by atoms with E-state index in [1.54, 1.807) is 7.05 Å². The fraction of sp³-hybridized carbons (Fsp3) is 0.708. The largest absolute Gasteiger partial charge is 0.493 e. The molecule has 170 valence electrons. The van der Waals surface area contributed by atoms with E-state index in [0.29, 0.717) is 11.8 Å². The van der Waals surface area contributed by atoms with Gasteiger partial charge in [0, 0.05) is 44.7 Å². The molecule has 1 aliphatic heterocycles. The molecular weight excluding hydrogens is 378 g/mol. The van der Waals surface area contributed by atoms with E-state index >= 15 is 0 Å². The number of nitrogens with zero attached hydrogens (tertiary/aromatic N) is 1. The zero-order valence-electron chi connectivity index (χ0n) is 19.5. The maximum Gasteiger partial charge on any atom is 0.191 e. The molecule has 6 heteroatoms. The first kappa shape index (κ1) is 24.5. The summed E-state index contributed by atoms with van der Waals surface area (Å²) >= 11 is 0. The first-order chi connectivity index (χ1) is 14.4. The van der Waals surface area contributed by atoms with E-state index in [-0.39, 0.29) is 5.41 Å². The average molecular weight is 420 g/mol. The fourth-order valence-corrected chi connectivity index (χ4v) is 3.24. The van der Waals surface area contributed by atoms with Gasteiger partial charge < -0.3 is 24.8 Å². The Morgan fingerprint density at radius 3 is 2.63 bits per heavy atom. The summed E-state index contributed by atoms with van der Waals surface area (Å²) in [4.78, 5) is 4.34. The van der Waals surface area contributed by atoms with Gasteiger partial charge in [0.05, 0.1) is 19.8 Å². The quantitative estimate of drug-likeness (QED) is 0.308. The molecule has 6 nitrogen and oxygen atoms in total. The van der Waals surface area contributed by atoms with Gasteiger partial charge in [-0.3, -0.25) is 4.99 Å². The van der Waals surface area contributed by atoms with Crippen LogP contribution in [0.5, 0.6) is 5.75 Å². The average Bonchev–Trinajstić information content (AvgIpc) is 3.25. The van der Waals surface area contributed by atoms with Crippen molar-refractivity contribution in [3.8, 4) is 5.75 Å². The van der Waals surface area contributed by atoms with Crippen molar-refractivity contribution in [2.24, 2.45) is 16.8 Å². The third-order valence-electron chi connectivity index (χ3n) is 5.28. The van der Waals surface area contributed by atoms with Crippen molar-refractivity contribution in [1.82, 2.24) is 10.6 Å². The fourth-order valence-electron chi connectivity index (χ4n) is 3.24. The van der Waals surface area contributed by atoms with Crippen LogP contribution in [0, 0.1) is 11.8 Å². The minimum Gasteiger partial charge on any atom is -0.493 e. The Labute approximate surface area is 182 Å². The molecule has 0 spiro atoms. The first-order valence-corrected chi connectivity index (χ1v) is 11.2. The molecule has 1 aromatic rings. The predicted octanol–water partition coefficient (Wildman–Crippen LogP) is 3.61. The maximum atomic E-state index is 5.79. The molecule has 0 bridgehead atoms. The van der Waals surface area contributed by atoms with E-state index in [9.17, 15) is 0 Å². The minimum absolute atomic E-state index is 0.0271. The second-order valence-corrected chi connectivity index (χ2v) is 9.12. The van der Waals surface area contributed by atoms with E-state index in [4.69, 9.17) is 14.2 Å². The Hall–Kier alpha value is -1.79. The van der Waals surface area contributed by atoms with E-state index in [1.807, 2.05) is 0 Å². The Balaban J connectivity index is 1.66. The molecule has 2 N–H and O–H groups in total. The third-order valence-corrected chi connectivity index (χ3v) is 5.28. The lowest BCUT2D eigenvalue weighted by molar-refractivity contribution is 0.0888. The van der Waals surface area contributed by atoms with Crippen LogP contribution in [0.3, 0.4) is 0 Å². The topological polar surface area (TPSA) is 64.1 Å². The van der Waals surface area contributed by atoms with Crippen LogP contribution in [-0.4, -0.2) is 59.1 Å². The summed E-state index contributed by atoms with van der Waals surface area (Å²) < 4.78 is 16.9. The van der Waals surface area contributed by atoms with Crippen LogP contribution in [0.15, 0.2) is 29.3 Å². The van der Waals surface area contributed by atoms with Crippen LogP contribution in [0.2, 0.25) is 0 Å². The number of hydrogen-bond acceptors (Lipinski definition) is 4. The molecule has 1 aromatic carbocycles. The number of ether oxygens (including phenoxy) is 3. The standard InChI is InChI=1S/C24H41N3O3/c1-19(2)15-30-22-9-7-21(8-10-22)24(3,4)18-27-23(25-5)26-12-6-13-28-16-20-11-14-29-17-20/h7-10,19-20H,6,11-18H2,1-5H3,(H2,25,26,27). The van der Waals surface area contributed by atoms with Crippen molar-refractivity contribution in [2.75, 3.05) is 53.2 Å². The van der Waals surface area contributed by atoms with Gasteiger partial charge in [0.2, 0.25) is 0 Å². The number of hydrogen-bond donors (Lipinski definition) is 2. The van der Waals surface area contributed by atoms with Gasteiger partial charge in [-0.2, -0.15) is 0 Å². The van der Waals surface area contributed by atoms with E-state index in [1.165, 1.54) is 5.56 Å². The summed E-state index contributed by atoms with van der Waals surface area (Å²) in [5, 5.41) is 6.82. The molecule has 30 heavy (non-hydrogen) atoms. The Morgan fingerprint density at radius 2 is 2.00 bits per heavy atom. The van der Waals surface area contributed by atoms with Crippen LogP contribution in [0.25, 0.3) is 0 Å². The molecule has 0 amide bonds. The number of rotatable bonds is 12. The van der Waals surface area contributed by atoms with Crippen molar-refractivity contribution in [3.63, 3.8) is 0 Å². The zero-order valence-corrected chi connectivity index (χ0v) is 19.5. The summed E-state index contributed by atoms with van der Waals surface area (Å²) in [6, 6.07) is 8.43. The zero-order chi connectivity index (χ0) is 21.8. The monoisotopic (exact) mass is 419 g/mol. The molecule has 0 saturated carbocycles. The van der Waals surface area contributed by atoms with Crippen molar-refractivity contribution >= 4 is 5.96 Å². The molecule has 0 aromatic heterocycles. The minimum atomic E-state index is -0.0271. The second-order valence-electron chi connectivity index (χ2n) is 9.12. The molecule has 0 radical (unpaired) electrons. The molecule has 1 saturated heterocycles. The molecule has 0 aliphatic carbocycles. The van der Waals surface area contributed by atoms with Crippen molar-refractivity contribution in [1.29, 1.82) is 0 Å². The Kier molecular flexibility index (Phi) is 10.4. The molecular formula is C24H41N3O3. The molecule has 1 heterocycles. The van der Waals surface area contributed by atoms with Gasteiger partial charge in [-0.1, -0.05) is 39.8 Å². The third kappa shape index (κ3) is 8.92. The van der Waals surface area contributed by atoms with Gasteiger partial charge in [-0.15, -0.1) is 0 Å². The highest BCUT2D eigenvalue weighted by Crippen LogP contribution is 2.24. The van der Waals surface area contributed by atoms with Crippen molar-refractivity contribution < 1.29 is 14.2 Å². The molecule has 1 atom stereocenters. The van der Waals surface area contributed by atoms with Crippen LogP contribution in [0.4, 0.5) is 0 Å². The van der Waals surface area contributed by atoms with Crippen LogP contribution < -0.4 is 15.4 Å². The van der Waals surface area contributed by atoms with E-state index < -0.39 is 0 Å². The number of nitrogens with one attached hydrogen (secondary N) is 2. The van der Waals surface area contributed by atoms with Gasteiger partial charge in [0.15, 0.2) is 5.96 Å². The second kappa shape index (κ2) is 12.8. The lowest BCUT2D eigenvalue weighted by atomic mass is 9.84. The molecule has 2 rings (SSSR count). The van der Waals surface area contributed by atoms with Crippen molar-refractivity contribution in [3.05, 3.63) is 29.8 Å². The van der Waals surface area contributed by atoms with Gasteiger partial charge in [-0.05, 0) is 36.5 Å². The first-order valence-electron chi connectivity index (χ1n) is 11.2. The molecule has 1 fully saturated rings. The summed E-state index contributed by atoms with van der Waals surface area (Å²) in [5.74, 6) is 2.85. The lowest BCUT2D eigenvalue weighted by Crippen LogP contribution is -2.43. The summed E-state index contributed by atoms with van der Waals surface area (Å²) in [7, 11) is 1.81. The number of benzene rings is 1. The number of guanidine groups is 1. The highest BCUT2D eigenvalue weighted by atomic mass is 16.5. The Bertz CT molecular complexity index is 623. The highest BCUT2D eigenvalue weighted by Gasteiger charge is 2.21. The normalized spacial score (nSPS) is 17.4. The van der Waals surface area contributed by atoms with Crippen LogP contribution in [-0.2, 0) is 14.9 Å². The maximum absolute atomic E-state index is 5.79. The van der Waals surface area contributed by atoms with Gasteiger partial charge in [0.25, 0.3) is 0 Å². The van der Waals surface area contributed by atoms with Gasteiger partial charge in [0.1, 0.15) is 5.75 Å². The van der Waals surface area contributed by atoms with Gasteiger partial charge in [-0.25, -0.2) is 0 Å². The van der Waals surface area contributed by atoms with E-state index in [0.717, 1.165) is 70.7 Å². The summed E-state index contributed by atoms with van der Waals surface area (Å²) in [5.41, 5.74) is 1.24. The summed E-state index contributed by atoms with van der Waals surface area (Å²) in [6.07, 6.45) is 2.08. The highest BCUT2D eigenvalue weighted by molar-refractivity contribution is 5.79. The Morgan fingerprint density at radius 1 is 1.23 bits per heavy atom. The molecule has 1 aliphatic rings. The molecule has 1 unspecified atom stereocenters. The smallest absolute Gasteiger partial charge is 0.191 e. The SMILES string of the molecule is CN=C(NCCCOCC1CCOC1)NCC(C)(C)c1ccc(OCC(C)C)cc1. The number of aliphatic imine (C=N–C) groups is 1. The summed E-state index contributed by atoms with van der Waals surface area (Å²) in [6.45, 7) is 14.4. The predicted molar refractivity (Wildman–Crippen MR) is 124 cm³/mol. The van der Waals surface area contributed by atoms with Crippen LogP contribution >= 0.6 is 0 Å². The lowest BCUT2D eigenvalue weighted by Gasteiger charge is -2.27. The van der Waals surface area contributed by atoms with Crippen molar-refractivity contribution in [2.45, 2.75) is 46.0 Å². The van der Waals surface area contributed by atoms with Gasteiger partial charge >= 0.3 is 0 Å². The van der Waals surface area contributed by atoms with Crippen LogP contribution in [0.1, 0.15) is 46.1 Å².